The molecule has 0 amide bonds. The summed E-state index contributed by atoms with van der Waals surface area (Å²) in [5, 5.41) is 4.38. The Bertz CT molecular complexity index is 752. The molecule has 0 atom stereocenters. The Labute approximate surface area is 148 Å². The summed E-state index contributed by atoms with van der Waals surface area (Å²) in [7, 11) is 1.77. The Hall–Kier alpha value is -1.75. The summed E-state index contributed by atoms with van der Waals surface area (Å²) >= 11 is 0. The second kappa shape index (κ2) is 5.37. The van der Waals surface area contributed by atoms with Crippen molar-refractivity contribution in [3.05, 3.63) is 41.8 Å². The molecule has 5 heteroatoms. The maximum Gasteiger partial charge on any atom is 0.237 e. The van der Waals surface area contributed by atoms with Crippen LogP contribution >= 0.6 is 0 Å². The first-order valence-electron chi connectivity index (χ1n) is 9.51. The van der Waals surface area contributed by atoms with Gasteiger partial charge in [0.2, 0.25) is 11.7 Å². The summed E-state index contributed by atoms with van der Waals surface area (Å²) in [6.45, 7) is 0. The number of hydrogen-bond donors (Lipinski definition) is 0. The summed E-state index contributed by atoms with van der Waals surface area (Å²) in [6.07, 6.45) is 14.3. The summed E-state index contributed by atoms with van der Waals surface area (Å²) in [5.74, 6) is 1.51. The van der Waals surface area contributed by atoms with Gasteiger partial charge < -0.3 is 9.26 Å². The van der Waals surface area contributed by atoms with Gasteiger partial charge in [-0.25, -0.2) is 0 Å². The molecule has 0 radical (unpaired) electrons. The maximum absolute atomic E-state index is 5.87. The zero-order chi connectivity index (χ0) is 17.0. The van der Waals surface area contributed by atoms with Crippen LogP contribution in [0.15, 0.2) is 29.0 Å². The van der Waals surface area contributed by atoms with Crippen molar-refractivity contribution >= 4 is 0 Å². The lowest BCUT2D eigenvalue weighted by Gasteiger charge is -2.59. The molecule has 2 heterocycles. The van der Waals surface area contributed by atoms with Crippen LogP contribution < -0.4 is 0 Å². The van der Waals surface area contributed by atoms with Gasteiger partial charge in [-0.15, -0.1) is 0 Å². The fourth-order valence-electron chi connectivity index (χ4n) is 5.48. The molecule has 3 saturated carbocycles. The van der Waals surface area contributed by atoms with Crippen molar-refractivity contribution in [2.24, 2.45) is 5.41 Å². The quantitative estimate of drug-likeness (QED) is 0.838. The number of hydrogen-bond acceptors (Lipinski definition) is 5. The molecule has 0 saturated heterocycles. The SMILES string of the molecule is COC1(c2noc(C3(c4ccncc4)CC4(CCC4)C3)n2)CCCC1. The van der Waals surface area contributed by atoms with Gasteiger partial charge >= 0.3 is 0 Å². The highest BCUT2D eigenvalue weighted by atomic mass is 16.5. The number of ether oxygens (including phenoxy) is 1. The third-order valence-corrected chi connectivity index (χ3v) is 7.05. The van der Waals surface area contributed by atoms with Crippen molar-refractivity contribution in [2.45, 2.75) is 68.8 Å². The number of aromatic nitrogens is 3. The van der Waals surface area contributed by atoms with Crippen LogP contribution in [0, 0.1) is 5.41 Å². The molecule has 2 aromatic heterocycles. The predicted molar refractivity (Wildman–Crippen MR) is 92.0 cm³/mol. The van der Waals surface area contributed by atoms with Gasteiger partial charge in [-0.3, -0.25) is 4.98 Å². The van der Waals surface area contributed by atoms with Gasteiger partial charge in [-0.2, -0.15) is 4.98 Å². The van der Waals surface area contributed by atoms with Crippen LogP contribution in [0.1, 0.15) is 75.1 Å². The van der Waals surface area contributed by atoms with Gasteiger partial charge in [0, 0.05) is 19.5 Å². The van der Waals surface area contributed by atoms with Crippen LogP contribution in [-0.4, -0.2) is 22.2 Å². The van der Waals surface area contributed by atoms with Crippen LogP contribution in [-0.2, 0) is 15.8 Å². The summed E-state index contributed by atoms with van der Waals surface area (Å²) in [6, 6.07) is 4.22. The largest absolute Gasteiger partial charge is 0.370 e. The van der Waals surface area contributed by atoms with Gasteiger partial charge in [0.25, 0.3) is 0 Å². The number of methoxy groups -OCH3 is 1. The molecular weight excluding hydrogens is 314 g/mol. The highest BCUT2D eigenvalue weighted by molar-refractivity contribution is 5.37. The normalized spacial score (nSPS) is 25.5. The lowest BCUT2D eigenvalue weighted by molar-refractivity contribution is -0.0425. The molecule has 0 N–H and O–H groups in total. The number of rotatable bonds is 4. The van der Waals surface area contributed by atoms with E-state index in [4.69, 9.17) is 14.2 Å². The van der Waals surface area contributed by atoms with Crippen molar-refractivity contribution in [1.29, 1.82) is 0 Å². The first-order chi connectivity index (χ1) is 12.2. The fraction of sp³-hybridized carbons (Fsp3) is 0.650. The minimum atomic E-state index is -0.348. The average molecular weight is 339 g/mol. The second-order valence-corrected chi connectivity index (χ2v) is 8.35. The first kappa shape index (κ1) is 15.5. The monoisotopic (exact) mass is 339 g/mol. The van der Waals surface area contributed by atoms with Crippen LogP contribution in [0.4, 0.5) is 0 Å². The molecule has 2 aromatic rings. The Morgan fingerprint density at radius 1 is 1.00 bits per heavy atom. The second-order valence-electron chi connectivity index (χ2n) is 8.35. The summed E-state index contributed by atoms with van der Waals surface area (Å²) in [5.41, 5.74) is 1.28. The highest BCUT2D eigenvalue weighted by Gasteiger charge is 2.61. The topological polar surface area (TPSA) is 61.0 Å². The van der Waals surface area contributed by atoms with Crippen LogP contribution in [0.3, 0.4) is 0 Å². The van der Waals surface area contributed by atoms with E-state index in [0.717, 1.165) is 50.2 Å². The van der Waals surface area contributed by atoms with E-state index in [9.17, 15) is 0 Å². The van der Waals surface area contributed by atoms with E-state index >= 15 is 0 Å². The van der Waals surface area contributed by atoms with Gasteiger partial charge in [-0.1, -0.05) is 11.6 Å². The standard InChI is InChI=1S/C20H25N3O2/c1-24-20(9-2-3-10-20)16-22-17(25-23-16)19(15-5-11-21-12-6-15)13-18(14-19)7-4-8-18/h5-6,11-12H,2-4,7-10,13-14H2,1H3. The van der Waals surface area contributed by atoms with Gasteiger partial charge in [0.05, 0.1) is 5.41 Å². The van der Waals surface area contributed by atoms with E-state index < -0.39 is 0 Å². The molecule has 0 unspecified atom stereocenters. The van der Waals surface area contributed by atoms with E-state index in [-0.39, 0.29) is 11.0 Å². The number of nitrogens with zero attached hydrogens (tertiary/aromatic N) is 3. The Balaban J connectivity index is 1.53. The molecule has 0 aliphatic heterocycles. The van der Waals surface area contributed by atoms with E-state index in [1.54, 1.807) is 7.11 Å². The minimum Gasteiger partial charge on any atom is -0.370 e. The molecule has 3 fully saturated rings. The highest BCUT2D eigenvalue weighted by Crippen LogP contribution is 2.66. The van der Waals surface area contributed by atoms with Crippen molar-refractivity contribution in [1.82, 2.24) is 15.1 Å². The smallest absolute Gasteiger partial charge is 0.237 e. The van der Waals surface area contributed by atoms with Crippen molar-refractivity contribution in [3.8, 4) is 0 Å². The Kier molecular flexibility index (Phi) is 3.33. The predicted octanol–water partition coefficient (Wildman–Crippen LogP) is 4.13. The van der Waals surface area contributed by atoms with Gasteiger partial charge in [0.15, 0.2) is 0 Å². The third-order valence-electron chi connectivity index (χ3n) is 7.05. The molecule has 5 rings (SSSR count). The van der Waals surface area contributed by atoms with Crippen LogP contribution in [0.25, 0.3) is 0 Å². The molecule has 132 valence electrons. The zero-order valence-electron chi connectivity index (χ0n) is 14.8. The molecule has 0 bridgehead atoms. The molecule has 3 aliphatic rings. The van der Waals surface area contributed by atoms with Gasteiger partial charge in [0.1, 0.15) is 5.60 Å². The lowest BCUT2D eigenvalue weighted by atomic mass is 9.43. The summed E-state index contributed by atoms with van der Waals surface area (Å²) < 4.78 is 11.7. The van der Waals surface area contributed by atoms with Crippen molar-refractivity contribution in [3.63, 3.8) is 0 Å². The average Bonchev–Trinajstić information content (AvgIpc) is 3.24. The van der Waals surface area contributed by atoms with Gasteiger partial charge in [-0.05, 0) is 74.5 Å². The Morgan fingerprint density at radius 3 is 2.32 bits per heavy atom. The third kappa shape index (κ3) is 2.14. The van der Waals surface area contributed by atoms with E-state index in [1.165, 1.54) is 24.8 Å². The molecular formula is C20H25N3O2. The minimum absolute atomic E-state index is 0.137. The summed E-state index contributed by atoms with van der Waals surface area (Å²) in [4.78, 5) is 9.09. The number of pyridine rings is 1. The molecule has 1 spiro atoms. The molecule has 0 aromatic carbocycles. The van der Waals surface area contributed by atoms with Crippen LogP contribution in [0.2, 0.25) is 0 Å². The Morgan fingerprint density at radius 2 is 1.72 bits per heavy atom. The van der Waals surface area contributed by atoms with Crippen molar-refractivity contribution < 1.29 is 9.26 Å². The van der Waals surface area contributed by atoms with Crippen LogP contribution in [0.5, 0.6) is 0 Å². The van der Waals surface area contributed by atoms with E-state index in [0.29, 0.717) is 5.41 Å². The fourth-order valence-corrected chi connectivity index (χ4v) is 5.48. The van der Waals surface area contributed by atoms with Crippen molar-refractivity contribution in [2.75, 3.05) is 7.11 Å². The maximum atomic E-state index is 5.87. The molecule has 25 heavy (non-hydrogen) atoms. The lowest BCUT2D eigenvalue weighted by Crippen LogP contribution is -2.54. The van der Waals surface area contributed by atoms with E-state index in [2.05, 4.69) is 22.3 Å². The van der Waals surface area contributed by atoms with E-state index in [1.807, 2.05) is 12.4 Å². The molecule has 3 aliphatic carbocycles. The first-order valence-corrected chi connectivity index (χ1v) is 9.51. The zero-order valence-corrected chi connectivity index (χ0v) is 14.8. The molecule has 5 nitrogen and oxygen atoms in total.